The van der Waals surface area contributed by atoms with Gasteiger partial charge >= 0.3 is 6.03 Å². The highest BCUT2D eigenvalue weighted by molar-refractivity contribution is 7.15. The van der Waals surface area contributed by atoms with Crippen molar-refractivity contribution in [2.75, 3.05) is 5.32 Å². The van der Waals surface area contributed by atoms with E-state index in [-0.39, 0.29) is 18.1 Å². The van der Waals surface area contributed by atoms with Crippen LogP contribution in [-0.4, -0.2) is 44.0 Å². The maximum absolute atomic E-state index is 13.0. The smallest absolute Gasteiger partial charge is 0.324 e. The average molecular weight is 368 g/mol. The molecule has 1 aromatic heterocycles. The fourth-order valence-corrected chi connectivity index (χ4v) is 4.72. The van der Waals surface area contributed by atoms with Gasteiger partial charge in [-0.2, -0.15) is 0 Å². The van der Waals surface area contributed by atoms with E-state index in [0.29, 0.717) is 30.8 Å². The molecular weight excluding hydrogens is 338 g/mol. The van der Waals surface area contributed by atoms with Gasteiger partial charge in [-0.1, -0.05) is 6.92 Å². The molecule has 0 radical (unpaired) electrons. The van der Waals surface area contributed by atoms with Crippen molar-refractivity contribution in [3.8, 4) is 0 Å². The summed E-state index contributed by atoms with van der Waals surface area (Å²) in [7, 11) is 0. The Bertz CT molecular complexity index is 586. The summed E-state index contributed by atoms with van der Waals surface area (Å²) in [6.45, 7) is 4.24. The Morgan fingerprint density at radius 1 is 1.20 bits per heavy atom. The van der Waals surface area contributed by atoms with Gasteiger partial charge in [-0.3, -0.25) is 5.32 Å². The third-order valence-electron chi connectivity index (χ3n) is 5.60. The molecule has 1 heterocycles. The lowest BCUT2D eigenvalue weighted by atomic mass is 9.83. The van der Waals surface area contributed by atoms with Crippen molar-refractivity contribution in [2.24, 2.45) is 5.92 Å². The Morgan fingerprint density at radius 2 is 1.80 bits per heavy atom. The highest BCUT2D eigenvalue weighted by Gasteiger charge is 2.38. The quantitative estimate of drug-likeness (QED) is 0.714. The number of carbonyl (C=O) groups excluding carboxylic acids is 1. The van der Waals surface area contributed by atoms with Crippen LogP contribution in [0, 0.1) is 12.8 Å². The molecule has 3 rings (SSSR count). The number of aromatic nitrogens is 1. The molecule has 1 aromatic rings. The number of hydrogen-bond donors (Lipinski definition) is 3. The number of nitrogens with zero attached hydrogens (tertiary/aromatic N) is 2. The van der Waals surface area contributed by atoms with Gasteiger partial charge in [-0.25, -0.2) is 9.78 Å². The van der Waals surface area contributed by atoms with Gasteiger partial charge in [0.05, 0.1) is 0 Å². The SMILES string of the molecule is Cc1cnc(NC(=O)N(C2CCC(C)CC2)C2CCC(O)(O)CC2)s1. The van der Waals surface area contributed by atoms with Crippen LogP contribution in [0.3, 0.4) is 0 Å². The number of rotatable bonds is 3. The van der Waals surface area contributed by atoms with E-state index in [1.807, 2.05) is 11.8 Å². The number of aryl methyl sites for hydroxylation is 1. The molecule has 140 valence electrons. The summed E-state index contributed by atoms with van der Waals surface area (Å²) in [5.41, 5.74) is 0. The summed E-state index contributed by atoms with van der Waals surface area (Å²) in [4.78, 5) is 20.3. The Hall–Kier alpha value is -1.18. The van der Waals surface area contributed by atoms with E-state index >= 15 is 0 Å². The lowest BCUT2D eigenvalue weighted by Crippen LogP contribution is -2.53. The van der Waals surface area contributed by atoms with Gasteiger partial charge in [-0.05, 0) is 51.4 Å². The molecule has 0 aliphatic heterocycles. The molecule has 0 saturated heterocycles. The zero-order valence-electron chi connectivity index (χ0n) is 15.1. The number of thiazole rings is 1. The van der Waals surface area contributed by atoms with Crippen molar-refractivity contribution >= 4 is 22.5 Å². The molecular formula is C18H29N3O3S. The monoisotopic (exact) mass is 367 g/mol. The number of hydrogen-bond acceptors (Lipinski definition) is 5. The minimum absolute atomic E-state index is 0.0619. The van der Waals surface area contributed by atoms with Gasteiger partial charge in [0, 0.05) is 36.0 Å². The van der Waals surface area contributed by atoms with Crippen LogP contribution in [0.4, 0.5) is 9.93 Å². The van der Waals surface area contributed by atoms with Crippen LogP contribution in [0.2, 0.25) is 0 Å². The van der Waals surface area contributed by atoms with Crippen LogP contribution in [0.25, 0.3) is 0 Å². The van der Waals surface area contributed by atoms with E-state index < -0.39 is 5.79 Å². The van der Waals surface area contributed by atoms with Crippen molar-refractivity contribution in [3.63, 3.8) is 0 Å². The van der Waals surface area contributed by atoms with E-state index in [2.05, 4.69) is 17.2 Å². The normalized spacial score (nSPS) is 27.0. The Labute approximate surface area is 153 Å². The standard InChI is InChI=1S/C18H29N3O3S/c1-12-3-5-14(6-4-12)21(15-7-9-18(23,24)10-8-15)17(22)20-16-19-11-13(2)25-16/h11-12,14-15,23-24H,3-10H2,1-2H3,(H,19,20,22). The topological polar surface area (TPSA) is 85.7 Å². The van der Waals surface area contributed by atoms with Crippen LogP contribution >= 0.6 is 11.3 Å². The number of nitrogens with one attached hydrogen (secondary N) is 1. The third-order valence-corrected chi connectivity index (χ3v) is 6.43. The summed E-state index contributed by atoms with van der Waals surface area (Å²) < 4.78 is 0. The van der Waals surface area contributed by atoms with Gasteiger partial charge < -0.3 is 15.1 Å². The van der Waals surface area contributed by atoms with Crippen molar-refractivity contribution < 1.29 is 15.0 Å². The average Bonchev–Trinajstić information content (AvgIpc) is 2.96. The summed E-state index contributed by atoms with van der Waals surface area (Å²) in [5.74, 6) is -0.858. The van der Waals surface area contributed by atoms with Gasteiger partial charge in [-0.15, -0.1) is 11.3 Å². The largest absolute Gasteiger partial charge is 0.366 e. The highest BCUT2D eigenvalue weighted by atomic mass is 32.1. The third kappa shape index (κ3) is 4.71. The van der Waals surface area contributed by atoms with Crippen LogP contribution < -0.4 is 5.32 Å². The van der Waals surface area contributed by atoms with Crippen molar-refractivity contribution in [2.45, 2.75) is 83.1 Å². The number of aliphatic hydroxyl groups is 2. The second-order valence-corrected chi connectivity index (χ2v) is 8.98. The summed E-state index contributed by atoms with van der Waals surface area (Å²) in [6.07, 6.45) is 7.98. The fraction of sp³-hybridized carbons (Fsp3) is 0.778. The predicted octanol–water partition coefficient (Wildman–Crippen LogP) is 3.49. The van der Waals surface area contributed by atoms with E-state index in [4.69, 9.17) is 0 Å². The first-order valence-corrected chi connectivity index (χ1v) is 10.1. The number of amides is 2. The minimum Gasteiger partial charge on any atom is -0.366 e. The fourth-order valence-electron chi connectivity index (χ4n) is 4.06. The molecule has 2 fully saturated rings. The number of urea groups is 1. The molecule has 0 unspecified atom stereocenters. The molecule has 25 heavy (non-hydrogen) atoms. The van der Waals surface area contributed by atoms with Crippen LogP contribution in [0.1, 0.15) is 63.2 Å². The molecule has 3 N–H and O–H groups in total. The second kappa shape index (κ2) is 7.60. The first-order chi connectivity index (χ1) is 11.8. The van der Waals surface area contributed by atoms with Crippen molar-refractivity contribution in [3.05, 3.63) is 11.1 Å². The molecule has 2 aliphatic carbocycles. The second-order valence-electron chi connectivity index (χ2n) is 7.74. The van der Waals surface area contributed by atoms with Gasteiger partial charge in [0.2, 0.25) is 0 Å². The molecule has 2 amide bonds. The molecule has 0 atom stereocenters. The summed E-state index contributed by atoms with van der Waals surface area (Å²) in [5, 5.41) is 23.2. The lowest BCUT2D eigenvalue weighted by Gasteiger charge is -2.44. The maximum Gasteiger partial charge on any atom is 0.324 e. The van der Waals surface area contributed by atoms with E-state index in [0.717, 1.165) is 36.5 Å². The molecule has 0 aromatic carbocycles. The first-order valence-electron chi connectivity index (χ1n) is 9.30. The molecule has 0 bridgehead atoms. The van der Waals surface area contributed by atoms with Gasteiger partial charge in [0.1, 0.15) is 0 Å². The molecule has 0 spiro atoms. The number of carbonyl (C=O) groups is 1. The Morgan fingerprint density at radius 3 is 2.36 bits per heavy atom. The van der Waals surface area contributed by atoms with Crippen molar-refractivity contribution in [1.29, 1.82) is 0 Å². The van der Waals surface area contributed by atoms with E-state index in [9.17, 15) is 15.0 Å². The van der Waals surface area contributed by atoms with Gasteiger partial charge in [0.15, 0.2) is 10.9 Å². The van der Waals surface area contributed by atoms with Crippen molar-refractivity contribution in [1.82, 2.24) is 9.88 Å². The molecule has 2 saturated carbocycles. The van der Waals surface area contributed by atoms with E-state index in [1.165, 1.54) is 11.3 Å². The van der Waals surface area contributed by atoms with Gasteiger partial charge in [0.25, 0.3) is 0 Å². The predicted molar refractivity (Wildman–Crippen MR) is 98.6 cm³/mol. The zero-order chi connectivity index (χ0) is 18.0. The zero-order valence-corrected chi connectivity index (χ0v) is 15.9. The first kappa shape index (κ1) is 18.6. The Balaban J connectivity index is 1.72. The molecule has 7 heteroatoms. The van der Waals surface area contributed by atoms with Crippen LogP contribution in [0.15, 0.2) is 6.20 Å². The summed E-state index contributed by atoms with van der Waals surface area (Å²) in [6, 6.07) is 0.196. The maximum atomic E-state index is 13.0. The minimum atomic E-state index is -1.58. The molecule has 2 aliphatic rings. The summed E-state index contributed by atoms with van der Waals surface area (Å²) >= 11 is 1.48. The number of anilines is 1. The van der Waals surface area contributed by atoms with Crippen LogP contribution in [0.5, 0.6) is 0 Å². The highest BCUT2D eigenvalue weighted by Crippen LogP contribution is 2.35. The lowest BCUT2D eigenvalue weighted by molar-refractivity contribution is -0.187. The van der Waals surface area contributed by atoms with E-state index in [1.54, 1.807) is 6.20 Å². The Kier molecular flexibility index (Phi) is 5.65. The molecule has 6 nitrogen and oxygen atoms in total. The van der Waals surface area contributed by atoms with Crippen LogP contribution in [-0.2, 0) is 0 Å².